The first-order chi connectivity index (χ1) is 18.1. The summed E-state index contributed by atoms with van der Waals surface area (Å²) in [5, 5.41) is 33.0. The van der Waals surface area contributed by atoms with Gasteiger partial charge in [-0.3, -0.25) is 19.2 Å². The Labute approximate surface area is 261 Å². The normalized spacial score (nSPS) is 15.3. The quantitative estimate of drug-likeness (QED) is 0.151. The van der Waals surface area contributed by atoms with Crippen molar-refractivity contribution in [2.24, 2.45) is 10.8 Å². The van der Waals surface area contributed by atoms with Gasteiger partial charge in [0.05, 0.1) is 12.8 Å². The summed E-state index contributed by atoms with van der Waals surface area (Å²) >= 11 is 0. The third-order valence-corrected chi connectivity index (χ3v) is 5.76. The molecule has 23 heteroatoms. The van der Waals surface area contributed by atoms with Crippen molar-refractivity contribution in [1.82, 2.24) is 0 Å². The van der Waals surface area contributed by atoms with Crippen LogP contribution in [0.4, 0.5) is 61.5 Å². The summed E-state index contributed by atoms with van der Waals surface area (Å²) in [6.45, 7) is 0.237. The molecule has 0 spiro atoms. The molecule has 0 aromatic rings. The van der Waals surface area contributed by atoms with E-state index in [4.69, 9.17) is 20.4 Å². The number of halogens is 14. The molecule has 0 rings (SSSR count). The second-order valence-corrected chi connectivity index (χ2v) is 9.53. The molecule has 252 valence electrons. The fourth-order valence-electron chi connectivity index (χ4n) is 2.43. The van der Waals surface area contributed by atoms with E-state index in [0.29, 0.717) is 0 Å². The molecule has 0 aliphatic rings. The van der Waals surface area contributed by atoms with Gasteiger partial charge in [-0.2, -0.15) is 52.7 Å². The Hall–Kier alpha value is -1.84. The zero-order chi connectivity index (χ0) is 34.9. The molecule has 0 aliphatic carbocycles. The molecule has 2 unspecified atom stereocenters. The number of carbonyl (C=O) groups is 4. The summed E-state index contributed by atoms with van der Waals surface area (Å²) in [5.41, 5.74) is -7.30. The van der Waals surface area contributed by atoms with Crippen LogP contribution in [0.25, 0.3) is 0 Å². The second-order valence-electron chi connectivity index (χ2n) is 9.53. The van der Waals surface area contributed by atoms with E-state index in [0.717, 1.165) is 0 Å². The summed E-state index contributed by atoms with van der Waals surface area (Å²) in [4.78, 5) is 41.2. The molecule has 0 aromatic heterocycles. The van der Waals surface area contributed by atoms with Crippen LogP contribution in [0.2, 0.25) is 0 Å². The molecule has 43 heavy (non-hydrogen) atoms. The molecule has 0 aromatic carbocycles. The first kappa shape index (κ1) is 45.6. The van der Waals surface area contributed by atoms with Gasteiger partial charge in [-0.05, 0) is 27.7 Å². The van der Waals surface area contributed by atoms with Gasteiger partial charge >= 0.3 is 97.2 Å². The van der Waals surface area contributed by atoms with Gasteiger partial charge in [-0.25, -0.2) is 8.78 Å². The van der Waals surface area contributed by atoms with E-state index in [1.807, 2.05) is 0 Å². The zero-order valence-corrected chi connectivity index (χ0v) is 21.3. The SMILES string of the molecule is CC(C)(C(=O)O)C(F)(F)C(F)(F)C(F)(F)C(F)CC(=O)O.CC(C)(C(=O)O)C(F)(F)C(F)(F)C(F)(F)C(F)CC(=O)O.[CaH2]. The maximum atomic E-state index is 13.5. The molecule has 0 radical (unpaired) electrons. The van der Waals surface area contributed by atoms with Crippen molar-refractivity contribution < 1.29 is 101 Å². The molecule has 0 fully saturated rings. The van der Waals surface area contributed by atoms with Crippen molar-refractivity contribution in [3.05, 3.63) is 0 Å². The molecule has 0 saturated heterocycles. The number of hydrogen-bond acceptors (Lipinski definition) is 4. The van der Waals surface area contributed by atoms with E-state index < -0.39 is 95.4 Å². The first-order valence-corrected chi connectivity index (χ1v) is 10.5. The summed E-state index contributed by atoms with van der Waals surface area (Å²) in [5.74, 6) is -46.2. The van der Waals surface area contributed by atoms with Gasteiger partial charge < -0.3 is 20.4 Å². The Morgan fingerprint density at radius 1 is 0.488 bits per heavy atom. The van der Waals surface area contributed by atoms with Crippen LogP contribution in [-0.4, -0.2) is 130 Å². The van der Waals surface area contributed by atoms with Gasteiger partial charge in [0, 0.05) is 0 Å². The molecule has 8 nitrogen and oxygen atoms in total. The molecule has 0 bridgehead atoms. The van der Waals surface area contributed by atoms with Crippen LogP contribution in [-0.2, 0) is 19.2 Å². The van der Waals surface area contributed by atoms with E-state index in [1.54, 1.807) is 0 Å². The van der Waals surface area contributed by atoms with E-state index in [2.05, 4.69) is 0 Å². The Morgan fingerprint density at radius 2 is 0.674 bits per heavy atom. The average Bonchev–Trinajstić information content (AvgIpc) is 2.77. The molecular weight excluding hydrogens is 674 g/mol. The van der Waals surface area contributed by atoms with Crippen molar-refractivity contribution >= 4 is 61.6 Å². The molecule has 0 aliphatic heterocycles. The van der Waals surface area contributed by atoms with Gasteiger partial charge in [0.25, 0.3) is 0 Å². The van der Waals surface area contributed by atoms with Crippen molar-refractivity contribution in [2.75, 3.05) is 0 Å². The van der Waals surface area contributed by atoms with Crippen LogP contribution < -0.4 is 0 Å². The van der Waals surface area contributed by atoms with Gasteiger partial charge in [-0.1, -0.05) is 0 Å². The van der Waals surface area contributed by atoms with Crippen LogP contribution in [0.5, 0.6) is 0 Å². The van der Waals surface area contributed by atoms with E-state index in [9.17, 15) is 80.6 Å². The third kappa shape index (κ3) is 8.26. The predicted molar refractivity (Wildman–Crippen MR) is 115 cm³/mol. The number of alkyl halides is 14. The van der Waals surface area contributed by atoms with Crippen molar-refractivity contribution in [1.29, 1.82) is 0 Å². The van der Waals surface area contributed by atoms with E-state index in [-0.39, 0.29) is 65.4 Å². The second kappa shape index (κ2) is 14.1. The number of carboxylic acids is 4. The molecule has 0 saturated carbocycles. The topological polar surface area (TPSA) is 149 Å². The number of aliphatic carboxylic acids is 4. The summed E-state index contributed by atoms with van der Waals surface area (Å²) < 4.78 is 186. The predicted octanol–water partition coefficient (Wildman–Crippen LogP) is 4.72. The molecule has 4 N–H and O–H groups in total. The Morgan fingerprint density at radius 3 is 0.814 bits per heavy atom. The zero-order valence-electron chi connectivity index (χ0n) is 21.3. The fraction of sp³-hybridized carbons (Fsp3) is 0.800. The summed E-state index contributed by atoms with van der Waals surface area (Å²) in [6.07, 6.45) is -12.5. The summed E-state index contributed by atoms with van der Waals surface area (Å²) in [7, 11) is 0. The first-order valence-electron chi connectivity index (χ1n) is 10.5. The Bertz CT molecular complexity index is 953. The number of hydrogen-bond donors (Lipinski definition) is 4. The Balaban J connectivity index is -0.000000727. The summed E-state index contributed by atoms with van der Waals surface area (Å²) in [6, 6.07) is 0. The minimum absolute atomic E-state index is 0. The maximum absolute atomic E-state index is 13.5. The number of carboxylic acid groups (broad SMARTS) is 4. The van der Waals surface area contributed by atoms with Crippen LogP contribution in [0, 0.1) is 10.8 Å². The molecule has 0 heterocycles. The molecule has 0 amide bonds. The average molecular weight is 698 g/mol. The standard InChI is InChI=1S/2C10H11F7O4.Ca.2H/c2*1-7(2,6(20)21)9(14,15)10(16,17)8(12,13)4(11)3-5(18)19;;;/h2*4H,3H2,1-2H3,(H,18,19)(H,20,21);;;. The van der Waals surface area contributed by atoms with E-state index in [1.165, 1.54) is 0 Å². The molecule has 2 atom stereocenters. The Kier molecular flexibility index (Phi) is 14.9. The van der Waals surface area contributed by atoms with Gasteiger partial charge in [0.15, 0.2) is 12.3 Å². The minimum atomic E-state index is -6.42. The van der Waals surface area contributed by atoms with Crippen molar-refractivity contribution in [2.45, 2.75) is 88.4 Å². The number of rotatable bonds is 14. The van der Waals surface area contributed by atoms with Gasteiger partial charge in [0.1, 0.15) is 10.8 Å². The van der Waals surface area contributed by atoms with E-state index >= 15 is 0 Å². The van der Waals surface area contributed by atoms with Crippen LogP contribution in [0.15, 0.2) is 0 Å². The van der Waals surface area contributed by atoms with Gasteiger partial charge in [-0.15, -0.1) is 0 Å². The van der Waals surface area contributed by atoms with Crippen molar-refractivity contribution in [3.63, 3.8) is 0 Å². The van der Waals surface area contributed by atoms with Crippen LogP contribution in [0.1, 0.15) is 40.5 Å². The molecular formula is C20H24CaF14O8. The van der Waals surface area contributed by atoms with Gasteiger partial charge in [0.2, 0.25) is 0 Å². The van der Waals surface area contributed by atoms with Crippen LogP contribution >= 0.6 is 0 Å². The monoisotopic (exact) mass is 698 g/mol. The van der Waals surface area contributed by atoms with Crippen LogP contribution in [0.3, 0.4) is 0 Å². The third-order valence-electron chi connectivity index (χ3n) is 5.76. The fourth-order valence-corrected chi connectivity index (χ4v) is 2.43. The van der Waals surface area contributed by atoms with Crippen molar-refractivity contribution in [3.8, 4) is 0 Å².